The van der Waals surface area contributed by atoms with E-state index in [4.69, 9.17) is 9.47 Å². The van der Waals surface area contributed by atoms with Crippen LogP contribution in [0, 0.1) is 13.8 Å². The molecule has 0 aliphatic rings. The van der Waals surface area contributed by atoms with Crippen molar-refractivity contribution in [2.24, 2.45) is 0 Å². The van der Waals surface area contributed by atoms with Gasteiger partial charge in [-0.1, -0.05) is 18.2 Å². The first-order valence-electron chi connectivity index (χ1n) is 9.62. The number of amides is 1. The molecule has 0 fully saturated rings. The van der Waals surface area contributed by atoms with Crippen LogP contribution in [0.4, 0.5) is 5.69 Å². The second-order valence-corrected chi connectivity index (χ2v) is 6.95. The summed E-state index contributed by atoms with van der Waals surface area (Å²) in [6.07, 6.45) is 0. The minimum Gasteiger partial charge on any atom is -0.462 e. The largest absolute Gasteiger partial charge is 0.462 e. The number of ether oxygens (including phenoxy) is 2. The lowest BCUT2D eigenvalue weighted by atomic mass is 10.2. The summed E-state index contributed by atoms with van der Waals surface area (Å²) in [7, 11) is 0. The molecule has 29 heavy (non-hydrogen) atoms. The zero-order valence-corrected chi connectivity index (χ0v) is 17.6. The molecule has 1 aromatic heterocycles. The summed E-state index contributed by atoms with van der Waals surface area (Å²) in [6, 6.07) is 10.8. The summed E-state index contributed by atoms with van der Waals surface area (Å²) in [4.78, 5) is 38.5. The second kappa shape index (κ2) is 9.91. The van der Waals surface area contributed by atoms with E-state index in [1.807, 2.05) is 44.2 Å². The van der Waals surface area contributed by atoms with Crippen LogP contribution in [0.2, 0.25) is 0 Å². The molecule has 1 heterocycles. The Labute approximate surface area is 171 Å². The van der Waals surface area contributed by atoms with Crippen molar-refractivity contribution in [2.45, 2.75) is 47.2 Å². The van der Waals surface area contributed by atoms with Gasteiger partial charge in [0.15, 0.2) is 6.61 Å². The standard InChI is InChI=1S/C22H28N2O5/c1-6-28-22(27)19-12-16(4)23(17(19)5)13-21(26)29-14-20(25)24(15(2)3)18-10-8-7-9-11-18/h7-12,15H,6,13-14H2,1-5H3. The van der Waals surface area contributed by atoms with E-state index in [2.05, 4.69) is 0 Å². The highest BCUT2D eigenvalue weighted by atomic mass is 16.5. The summed E-state index contributed by atoms with van der Waals surface area (Å²) < 4.78 is 11.9. The average Bonchev–Trinajstić information content (AvgIpc) is 2.95. The molecule has 0 saturated carbocycles. The van der Waals surface area contributed by atoms with E-state index in [-0.39, 0.29) is 31.7 Å². The maximum atomic E-state index is 12.6. The molecular formula is C22H28N2O5. The highest BCUT2D eigenvalue weighted by Crippen LogP contribution is 2.18. The number of nitrogens with zero attached hydrogens (tertiary/aromatic N) is 2. The van der Waals surface area contributed by atoms with E-state index in [1.165, 1.54) is 0 Å². The van der Waals surface area contributed by atoms with E-state index in [9.17, 15) is 14.4 Å². The summed E-state index contributed by atoms with van der Waals surface area (Å²) in [5, 5.41) is 0. The Bertz CT molecular complexity index is 871. The fourth-order valence-corrected chi connectivity index (χ4v) is 3.17. The van der Waals surface area contributed by atoms with Crippen LogP contribution in [0.1, 0.15) is 42.5 Å². The van der Waals surface area contributed by atoms with Gasteiger partial charge in [-0.25, -0.2) is 4.79 Å². The van der Waals surface area contributed by atoms with Gasteiger partial charge in [-0.2, -0.15) is 0 Å². The quantitative estimate of drug-likeness (QED) is 0.636. The molecule has 0 aliphatic carbocycles. The van der Waals surface area contributed by atoms with E-state index >= 15 is 0 Å². The van der Waals surface area contributed by atoms with Crippen molar-refractivity contribution in [3.8, 4) is 0 Å². The van der Waals surface area contributed by atoms with E-state index in [1.54, 1.807) is 36.3 Å². The van der Waals surface area contributed by atoms with Crippen molar-refractivity contribution in [1.29, 1.82) is 0 Å². The number of hydrogen-bond acceptors (Lipinski definition) is 5. The van der Waals surface area contributed by atoms with Crippen LogP contribution in [-0.4, -0.2) is 41.7 Å². The fraction of sp³-hybridized carbons (Fsp3) is 0.409. The van der Waals surface area contributed by atoms with Gasteiger partial charge in [0.05, 0.1) is 12.2 Å². The first-order valence-corrected chi connectivity index (χ1v) is 9.62. The van der Waals surface area contributed by atoms with Crippen LogP contribution in [0.15, 0.2) is 36.4 Å². The zero-order chi connectivity index (χ0) is 21.6. The van der Waals surface area contributed by atoms with Gasteiger partial charge in [0.25, 0.3) is 5.91 Å². The molecule has 0 N–H and O–H groups in total. The van der Waals surface area contributed by atoms with Crippen LogP contribution in [0.3, 0.4) is 0 Å². The number of hydrogen-bond donors (Lipinski definition) is 0. The van der Waals surface area contributed by atoms with Gasteiger partial charge in [0.1, 0.15) is 6.54 Å². The fourth-order valence-electron chi connectivity index (χ4n) is 3.17. The summed E-state index contributed by atoms with van der Waals surface area (Å²) >= 11 is 0. The van der Waals surface area contributed by atoms with Crippen molar-refractivity contribution in [3.05, 3.63) is 53.3 Å². The predicted octanol–water partition coefficient (Wildman–Crippen LogP) is 3.27. The van der Waals surface area contributed by atoms with E-state index in [0.717, 1.165) is 11.4 Å². The highest BCUT2D eigenvalue weighted by Gasteiger charge is 2.22. The number of benzene rings is 1. The minimum absolute atomic E-state index is 0.0790. The monoisotopic (exact) mass is 400 g/mol. The molecule has 0 unspecified atom stereocenters. The van der Waals surface area contributed by atoms with Crippen LogP contribution in [0.25, 0.3) is 0 Å². The predicted molar refractivity (Wildman–Crippen MR) is 110 cm³/mol. The third-order valence-corrected chi connectivity index (χ3v) is 4.53. The van der Waals surface area contributed by atoms with Gasteiger partial charge < -0.3 is 18.9 Å². The van der Waals surface area contributed by atoms with E-state index < -0.39 is 11.9 Å². The normalized spacial score (nSPS) is 10.7. The third-order valence-electron chi connectivity index (χ3n) is 4.53. The Morgan fingerprint density at radius 3 is 2.31 bits per heavy atom. The molecule has 0 aliphatic heterocycles. The lowest BCUT2D eigenvalue weighted by molar-refractivity contribution is -0.148. The molecule has 156 valence electrons. The summed E-state index contributed by atoms with van der Waals surface area (Å²) in [5.41, 5.74) is 2.53. The van der Waals surface area contributed by atoms with Crippen molar-refractivity contribution >= 4 is 23.5 Å². The zero-order valence-electron chi connectivity index (χ0n) is 17.6. The highest BCUT2D eigenvalue weighted by molar-refractivity contribution is 5.95. The Morgan fingerprint density at radius 2 is 1.72 bits per heavy atom. The molecular weight excluding hydrogens is 372 g/mol. The van der Waals surface area contributed by atoms with Gasteiger partial charge in [-0.05, 0) is 52.8 Å². The van der Waals surface area contributed by atoms with Crippen LogP contribution < -0.4 is 4.90 Å². The van der Waals surface area contributed by atoms with Crippen molar-refractivity contribution in [3.63, 3.8) is 0 Å². The molecule has 0 bridgehead atoms. The molecule has 2 aromatic rings. The third kappa shape index (κ3) is 5.47. The number of para-hydroxylation sites is 1. The Kier molecular flexibility index (Phi) is 7.59. The van der Waals surface area contributed by atoms with Crippen LogP contribution in [0.5, 0.6) is 0 Å². The molecule has 7 nitrogen and oxygen atoms in total. The van der Waals surface area contributed by atoms with Crippen molar-refractivity contribution in [2.75, 3.05) is 18.1 Å². The number of aryl methyl sites for hydroxylation is 1. The first kappa shape index (κ1) is 22.2. The number of anilines is 1. The van der Waals surface area contributed by atoms with Gasteiger partial charge in [-0.3, -0.25) is 9.59 Å². The van der Waals surface area contributed by atoms with Crippen LogP contribution in [-0.2, 0) is 25.6 Å². The number of esters is 2. The Morgan fingerprint density at radius 1 is 1.07 bits per heavy atom. The molecule has 7 heteroatoms. The number of aromatic nitrogens is 1. The Balaban J connectivity index is 2.03. The van der Waals surface area contributed by atoms with Gasteiger partial charge >= 0.3 is 11.9 Å². The molecule has 1 aromatic carbocycles. The molecule has 0 atom stereocenters. The molecule has 0 spiro atoms. The maximum absolute atomic E-state index is 12.6. The number of carbonyl (C=O) groups is 3. The Hall–Kier alpha value is -3.09. The molecule has 1 amide bonds. The lowest BCUT2D eigenvalue weighted by Crippen LogP contribution is -2.40. The lowest BCUT2D eigenvalue weighted by Gasteiger charge is -2.26. The van der Waals surface area contributed by atoms with Gasteiger partial charge in [-0.15, -0.1) is 0 Å². The summed E-state index contributed by atoms with van der Waals surface area (Å²) in [5.74, 6) is -1.27. The number of carbonyl (C=O) groups excluding carboxylic acids is 3. The molecule has 0 saturated heterocycles. The average molecular weight is 400 g/mol. The van der Waals surface area contributed by atoms with Crippen molar-refractivity contribution in [1.82, 2.24) is 4.57 Å². The molecule has 0 radical (unpaired) electrons. The van der Waals surface area contributed by atoms with Gasteiger partial charge in [0.2, 0.25) is 0 Å². The van der Waals surface area contributed by atoms with Crippen LogP contribution >= 0.6 is 0 Å². The SMILES string of the molecule is CCOC(=O)c1cc(C)n(CC(=O)OCC(=O)N(c2ccccc2)C(C)C)c1C. The van der Waals surface area contributed by atoms with Gasteiger partial charge in [0, 0.05) is 23.1 Å². The number of rotatable bonds is 8. The first-order chi connectivity index (χ1) is 13.8. The second-order valence-electron chi connectivity index (χ2n) is 6.95. The summed E-state index contributed by atoms with van der Waals surface area (Å²) in [6.45, 7) is 8.92. The molecule has 2 rings (SSSR count). The van der Waals surface area contributed by atoms with E-state index in [0.29, 0.717) is 11.3 Å². The smallest absolute Gasteiger partial charge is 0.339 e. The van der Waals surface area contributed by atoms with Crippen molar-refractivity contribution < 1.29 is 23.9 Å². The maximum Gasteiger partial charge on any atom is 0.339 e. The topological polar surface area (TPSA) is 77.8 Å². The minimum atomic E-state index is -0.549.